The van der Waals surface area contributed by atoms with Crippen LogP contribution in [-0.4, -0.2) is 33.8 Å². The SMILES string of the molecule is CC(C)[C@@H](CO)Nc1cccc(C(=O)O)n1. The molecule has 0 aliphatic rings. The molecule has 0 amide bonds. The van der Waals surface area contributed by atoms with Gasteiger partial charge in [-0.05, 0) is 18.1 Å². The molecule has 0 bridgehead atoms. The Kier molecular flexibility index (Phi) is 4.25. The fourth-order valence-electron chi connectivity index (χ4n) is 1.25. The van der Waals surface area contributed by atoms with Gasteiger partial charge in [-0.15, -0.1) is 0 Å². The number of hydrogen-bond acceptors (Lipinski definition) is 4. The summed E-state index contributed by atoms with van der Waals surface area (Å²) in [7, 11) is 0. The summed E-state index contributed by atoms with van der Waals surface area (Å²) in [5.74, 6) is -0.360. The topological polar surface area (TPSA) is 82.5 Å². The number of hydrogen-bond donors (Lipinski definition) is 3. The Bertz CT molecular complexity index is 366. The molecule has 5 nitrogen and oxygen atoms in total. The summed E-state index contributed by atoms with van der Waals surface area (Å²) in [5, 5.41) is 20.9. The van der Waals surface area contributed by atoms with E-state index in [1.165, 1.54) is 6.07 Å². The van der Waals surface area contributed by atoms with Crippen LogP contribution in [0, 0.1) is 5.92 Å². The summed E-state index contributed by atoms with van der Waals surface area (Å²) >= 11 is 0. The van der Waals surface area contributed by atoms with E-state index in [9.17, 15) is 4.79 Å². The van der Waals surface area contributed by atoms with Crippen molar-refractivity contribution < 1.29 is 15.0 Å². The minimum absolute atomic E-state index is 0.00885. The van der Waals surface area contributed by atoms with E-state index in [0.717, 1.165) is 0 Å². The lowest BCUT2D eigenvalue weighted by Gasteiger charge is -2.20. The van der Waals surface area contributed by atoms with Crippen molar-refractivity contribution in [2.45, 2.75) is 19.9 Å². The molecule has 1 rings (SSSR count). The van der Waals surface area contributed by atoms with Crippen molar-refractivity contribution in [2.24, 2.45) is 5.92 Å². The van der Waals surface area contributed by atoms with Gasteiger partial charge in [0.1, 0.15) is 5.82 Å². The number of aromatic carboxylic acids is 1. The zero-order chi connectivity index (χ0) is 12.1. The van der Waals surface area contributed by atoms with Gasteiger partial charge in [-0.1, -0.05) is 19.9 Å². The highest BCUT2D eigenvalue weighted by Crippen LogP contribution is 2.10. The molecule has 1 atom stereocenters. The molecule has 5 heteroatoms. The predicted molar refractivity (Wildman–Crippen MR) is 60.5 cm³/mol. The standard InChI is InChI=1S/C11H16N2O3/c1-7(2)9(6-14)13-10-5-3-4-8(12-10)11(15)16/h3-5,7,9,14H,6H2,1-2H3,(H,12,13)(H,15,16)/t9-/m1/s1. The second kappa shape index (κ2) is 5.46. The predicted octanol–water partition coefficient (Wildman–Crippen LogP) is 1.21. The quantitative estimate of drug-likeness (QED) is 0.700. The van der Waals surface area contributed by atoms with Crippen molar-refractivity contribution >= 4 is 11.8 Å². The third-order valence-electron chi connectivity index (χ3n) is 2.30. The maximum atomic E-state index is 10.7. The highest BCUT2D eigenvalue weighted by molar-refractivity contribution is 5.85. The lowest BCUT2D eigenvalue weighted by molar-refractivity contribution is 0.0690. The summed E-state index contributed by atoms with van der Waals surface area (Å²) in [4.78, 5) is 14.6. The molecule has 0 fully saturated rings. The van der Waals surface area contributed by atoms with Crippen molar-refractivity contribution in [3.8, 4) is 0 Å². The summed E-state index contributed by atoms with van der Waals surface area (Å²) in [5.41, 5.74) is -0.00885. The first-order valence-corrected chi connectivity index (χ1v) is 5.12. The number of pyridine rings is 1. The fraction of sp³-hybridized carbons (Fsp3) is 0.455. The third kappa shape index (κ3) is 3.20. The van der Waals surface area contributed by atoms with Gasteiger partial charge < -0.3 is 15.5 Å². The lowest BCUT2D eigenvalue weighted by atomic mass is 10.1. The maximum Gasteiger partial charge on any atom is 0.354 e. The van der Waals surface area contributed by atoms with E-state index >= 15 is 0 Å². The van der Waals surface area contributed by atoms with Gasteiger partial charge >= 0.3 is 5.97 Å². The van der Waals surface area contributed by atoms with E-state index in [1.54, 1.807) is 12.1 Å². The number of carboxylic acids is 1. The Morgan fingerprint density at radius 3 is 2.69 bits per heavy atom. The molecule has 1 aromatic rings. The minimum atomic E-state index is -1.06. The van der Waals surface area contributed by atoms with Crippen LogP contribution >= 0.6 is 0 Å². The largest absolute Gasteiger partial charge is 0.477 e. The molecule has 0 saturated carbocycles. The monoisotopic (exact) mass is 224 g/mol. The molecule has 0 saturated heterocycles. The van der Waals surface area contributed by atoms with Gasteiger partial charge in [0.25, 0.3) is 0 Å². The Hall–Kier alpha value is -1.62. The minimum Gasteiger partial charge on any atom is -0.477 e. The molecule has 0 radical (unpaired) electrons. The zero-order valence-electron chi connectivity index (χ0n) is 9.34. The van der Waals surface area contributed by atoms with Crippen molar-refractivity contribution in [1.82, 2.24) is 4.98 Å². The van der Waals surface area contributed by atoms with E-state index in [2.05, 4.69) is 10.3 Å². The van der Waals surface area contributed by atoms with Crippen LogP contribution in [0.3, 0.4) is 0 Å². The molecule has 3 N–H and O–H groups in total. The van der Waals surface area contributed by atoms with E-state index in [0.29, 0.717) is 5.82 Å². The molecule has 1 heterocycles. The van der Waals surface area contributed by atoms with Gasteiger partial charge in [-0.3, -0.25) is 0 Å². The summed E-state index contributed by atoms with van der Waals surface area (Å²) in [6, 6.07) is 4.60. The number of rotatable bonds is 5. The maximum absolute atomic E-state index is 10.7. The third-order valence-corrected chi connectivity index (χ3v) is 2.30. The summed E-state index contributed by atoms with van der Waals surface area (Å²) < 4.78 is 0. The molecule has 0 aliphatic carbocycles. The van der Waals surface area contributed by atoms with Gasteiger partial charge in [0.05, 0.1) is 12.6 Å². The van der Waals surface area contributed by atoms with E-state index in [4.69, 9.17) is 10.2 Å². The van der Waals surface area contributed by atoms with E-state index in [-0.39, 0.29) is 24.3 Å². The highest BCUT2D eigenvalue weighted by atomic mass is 16.4. The van der Waals surface area contributed by atoms with Gasteiger partial charge in [0.2, 0.25) is 0 Å². The van der Waals surface area contributed by atoms with Crippen LogP contribution in [0.1, 0.15) is 24.3 Å². The average Bonchev–Trinajstić information content (AvgIpc) is 2.25. The Morgan fingerprint density at radius 2 is 2.19 bits per heavy atom. The molecule has 1 aromatic heterocycles. The number of carboxylic acid groups (broad SMARTS) is 1. The number of nitrogens with one attached hydrogen (secondary N) is 1. The lowest BCUT2D eigenvalue weighted by Crippen LogP contribution is -2.30. The second-order valence-electron chi connectivity index (χ2n) is 3.89. The average molecular weight is 224 g/mol. The fourth-order valence-corrected chi connectivity index (χ4v) is 1.25. The van der Waals surface area contributed by atoms with Crippen LogP contribution in [-0.2, 0) is 0 Å². The summed E-state index contributed by atoms with van der Waals surface area (Å²) in [6.45, 7) is 3.92. The van der Waals surface area contributed by atoms with Gasteiger partial charge in [-0.2, -0.15) is 0 Å². The zero-order valence-corrected chi connectivity index (χ0v) is 9.34. The molecular formula is C11H16N2O3. The van der Waals surface area contributed by atoms with Crippen LogP contribution in [0.5, 0.6) is 0 Å². The molecular weight excluding hydrogens is 208 g/mol. The van der Waals surface area contributed by atoms with Gasteiger partial charge in [0.15, 0.2) is 5.69 Å². The molecule has 0 aliphatic heterocycles. The van der Waals surface area contributed by atoms with Gasteiger partial charge in [-0.25, -0.2) is 9.78 Å². The number of aliphatic hydroxyl groups is 1. The number of carbonyl (C=O) groups is 1. The van der Waals surface area contributed by atoms with Crippen LogP contribution < -0.4 is 5.32 Å². The first-order valence-electron chi connectivity index (χ1n) is 5.12. The van der Waals surface area contributed by atoms with Gasteiger partial charge in [0, 0.05) is 0 Å². The van der Waals surface area contributed by atoms with Crippen LogP contribution in [0.25, 0.3) is 0 Å². The Morgan fingerprint density at radius 1 is 1.50 bits per heavy atom. The van der Waals surface area contributed by atoms with Crippen LogP contribution in [0.15, 0.2) is 18.2 Å². The molecule has 0 aromatic carbocycles. The summed E-state index contributed by atoms with van der Waals surface area (Å²) in [6.07, 6.45) is 0. The number of nitrogens with zero attached hydrogens (tertiary/aromatic N) is 1. The number of anilines is 1. The van der Waals surface area contributed by atoms with Crippen LogP contribution in [0.2, 0.25) is 0 Å². The molecule has 0 unspecified atom stereocenters. The van der Waals surface area contributed by atoms with Crippen molar-refractivity contribution in [3.63, 3.8) is 0 Å². The normalized spacial score (nSPS) is 12.5. The first-order chi connectivity index (χ1) is 7.54. The van der Waals surface area contributed by atoms with Crippen molar-refractivity contribution in [1.29, 1.82) is 0 Å². The second-order valence-corrected chi connectivity index (χ2v) is 3.89. The highest BCUT2D eigenvalue weighted by Gasteiger charge is 2.13. The molecule has 16 heavy (non-hydrogen) atoms. The molecule has 88 valence electrons. The first kappa shape index (κ1) is 12.4. The molecule has 0 spiro atoms. The Labute approximate surface area is 94.1 Å². The smallest absolute Gasteiger partial charge is 0.354 e. The van der Waals surface area contributed by atoms with Crippen LogP contribution in [0.4, 0.5) is 5.82 Å². The van der Waals surface area contributed by atoms with E-state index < -0.39 is 5.97 Å². The number of aromatic nitrogens is 1. The van der Waals surface area contributed by atoms with Crippen molar-refractivity contribution in [2.75, 3.05) is 11.9 Å². The Balaban J connectivity index is 2.80. The van der Waals surface area contributed by atoms with Crippen molar-refractivity contribution in [3.05, 3.63) is 23.9 Å². The van der Waals surface area contributed by atoms with E-state index in [1.807, 2.05) is 13.8 Å². The number of aliphatic hydroxyl groups excluding tert-OH is 1.